The molecule has 5 heteroatoms. The van der Waals surface area contributed by atoms with E-state index >= 15 is 0 Å². The zero-order valence-electron chi connectivity index (χ0n) is 10.2. The van der Waals surface area contributed by atoms with E-state index in [0.29, 0.717) is 18.5 Å². The first-order valence-corrected chi connectivity index (χ1v) is 6.21. The summed E-state index contributed by atoms with van der Waals surface area (Å²) in [4.78, 5) is 15.4. The number of aliphatic hydroxyl groups excluding tert-OH is 1. The monoisotopic (exact) mass is 258 g/mol. The SMILES string of the molecule is O=C(O)c1cnc2ccccc2c1NC1CC(O)C1. The molecule has 0 aliphatic heterocycles. The van der Waals surface area contributed by atoms with Crippen LogP contribution >= 0.6 is 0 Å². The summed E-state index contributed by atoms with van der Waals surface area (Å²) in [5.74, 6) is -0.999. The van der Waals surface area contributed by atoms with Crippen LogP contribution in [0.5, 0.6) is 0 Å². The number of carboxylic acids is 1. The van der Waals surface area contributed by atoms with Crippen LogP contribution in [0.4, 0.5) is 5.69 Å². The second-order valence-corrected chi connectivity index (χ2v) is 4.84. The summed E-state index contributed by atoms with van der Waals surface area (Å²) in [7, 11) is 0. The molecule has 0 bridgehead atoms. The van der Waals surface area contributed by atoms with Crippen molar-refractivity contribution in [3.8, 4) is 0 Å². The van der Waals surface area contributed by atoms with Crippen molar-refractivity contribution < 1.29 is 15.0 Å². The molecule has 0 unspecified atom stereocenters. The van der Waals surface area contributed by atoms with Gasteiger partial charge in [-0.1, -0.05) is 18.2 Å². The van der Waals surface area contributed by atoms with E-state index in [1.54, 1.807) is 0 Å². The first-order chi connectivity index (χ1) is 9.15. The van der Waals surface area contributed by atoms with Gasteiger partial charge in [-0.15, -0.1) is 0 Å². The molecule has 19 heavy (non-hydrogen) atoms. The van der Waals surface area contributed by atoms with Crippen molar-refractivity contribution in [1.82, 2.24) is 4.98 Å². The van der Waals surface area contributed by atoms with Crippen molar-refractivity contribution >= 4 is 22.6 Å². The fraction of sp³-hybridized carbons (Fsp3) is 0.286. The predicted molar refractivity (Wildman–Crippen MR) is 71.4 cm³/mol. The lowest BCUT2D eigenvalue weighted by molar-refractivity contribution is 0.0697. The summed E-state index contributed by atoms with van der Waals surface area (Å²) in [5, 5.41) is 22.6. The van der Waals surface area contributed by atoms with Crippen molar-refractivity contribution in [2.24, 2.45) is 0 Å². The predicted octanol–water partition coefficient (Wildman–Crippen LogP) is 1.87. The van der Waals surface area contributed by atoms with Gasteiger partial charge in [0.25, 0.3) is 0 Å². The standard InChI is InChI=1S/C14H14N2O3/c17-9-5-8(6-9)16-13-10-3-1-2-4-12(10)15-7-11(13)14(18)19/h1-4,7-9,17H,5-6H2,(H,15,16)(H,18,19). The Kier molecular flexibility index (Phi) is 2.83. The van der Waals surface area contributed by atoms with Gasteiger partial charge in [0, 0.05) is 17.6 Å². The van der Waals surface area contributed by atoms with Crippen LogP contribution in [0.2, 0.25) is 0 Å². The van der Waals surface area contributed by atoms with E-state index in [2.05, 4.69) is 10.3 Å². The third-order valence-electron chi connectivity index (χ3n) is 3.47. The molecule has 5 nitrogen and oxygen atoms in total. The van der Waals surface area contributed by atoms with Gasteiger partial charge in [0.05, 0.1) is 17.3 Å². The molecule has 3 rings (SSSR count). The molecule has 0 atom stereocenters. The van der Waals surface area contributed by atoms with E-state index in [9.17, 15) is 15.0 Å². The molecule has 1 fully saturated rings. The third kappa shape index (κ3) is 2.13. The van der Waals surface area contributed by atoms with Crippen molar-refractivity contribution in [2.45, 2.75) is 25.0 Å². The van der Waals surface area contributed by atoms with Gasteiger partial charge >= 0.3 is 5.97 Å². The molecule has 1 heterocycles. The highest BCUT2D eigenvalue weighted by Gasteiger charge is 2.28. The molecule has 2 aromatic rings. The summed E-state index contributed by atoms with van der Waals surface area (Å²) in [6.07, 6.45) is 2.40. The van der Waals surface area contributed by atoms with Crippen LogP contribution < -0.4 is 5.32 Å². The summed E-state index contributed by atoms with van der Waals surface area (Å²) < 4.78 is 0. The molecule has 1 aliphatic rings. The van der Waals surface area contributed by atoms with E-state index in [4.69, 9.17) is 0 Å². The summed E-state index contributed by atoms with van der Waals surface area (Å²) in [5.41, 5.74) is 1.52. The van der Waals surface area contributed by atoms with Crippen molar-refractivity contribution in [3.63, 3.8) is 0 Å². The number of para-hydroxylation sites is 1. The number of rotatable bonds is 3. The Morgan fingerprint density at radius 1 is 1.32 bits per heavy atom. The van der Waals surface area contributed by atoms with Crippen LogP contribution in [0, 0.1) is 0 Å². The summed E-state index contributed by atoms with van der Waals surface area (Å²) in [6.45, 7) is 0. The number of anilines is 1. The van der Waals surface area contributed by atoms with Gasteiger partial charge in [-0.05, 0) is 18.9 Å². The minimum Gasteiger partial charge on any atom is -0.478 e. The average molecular weight is 258 g/mol. The quantitative estimate of drug-likeness (QED) is 0.782. The molecule has 0 radical (unpaired) electrons. The average Bonchev–Trinajstić information content (AvgIpc) is 2.36. The number of hydrogen-bond acceptors (Lipinski definition) is 4. The summed E-state index contributed by atoms with van der Waals surface area (Å²) in [6, 6.07) is 7.55. The fourth-order valence-corrected chi connectivity index (χ4v) is 2.37. The van der Waals surface area contributed by atoms with Crippen LogP contribution in [0.3, 0.4) is 0 Å². The van der Waals surface area contributed by atoms with Gasteiger partial charge in [0.1, 0.15) is 5.56 Å². The Labute approximate surface area is 109 Å². The van der Waals surface area contributed by atoms with Crippen LogP contribution in [0.25, 0.3) is 10.9 Å². The van der Waals surface area contributed by atoms with Crippen LogP contribution in [-0.2, 0) is 0 Å². The maximum Gasteiger partial charge on any atom is 0.339 e. The smallest absolute Gasteiger partial charge is 0.339 e. The summed E-state index contributed by atoms with van der Waals surface area (Å²) >= 11 is 0. The Bertz CT molecular complexity index is 636. The van der Waals surface area contributed by atoms with E-state index in [0.717, 1.165) is 10.9 Å². The van der Waals surface area contributed by atoms with E-state index in [1.165, 1.54) is 6.20 Å². The molecular weight excluding hydrogens is 244 g/mol. The molecule has 1 aliphatic carbocycles. The Morgan fingerprint density at radius 3 is 2.74 bits per heavy atom. The third-order valence-corrected chi connectivity index (χ3v) is 3.47. The topological polar surface area (TPSA) is 82.5 Å². The van der Waals surface area contributed by atoms with Crippen molar-refractivity contribution in [3.05, 3.63) is 36.0 Å². The number of nitrogens with zero attached hydrogens (tertiary/aromatic N) is 1. The number of aliphatic hydroxyl groups is 1. The molecule has 0 amide bonds. The van der Waals surface area contributed by atoms with E-state index < -0.39 is 5.97 Å². The van der Waals surface area contributed by atoms with Crippen LogP contribution in [0.15, 0.2) is 30.5 Å². The number of benzene rings is 1. The van der Waals surface area contributed by atoms with Crippen LogP contribution in [-0.4, -0.2) is 33.3 Å². The van der Waals surface area contributed by atoms with Crippen molar-refractivity contribution in [1.29, 1.82) is 0 Å². The van der Waals surface area contributed by atoms with Gasteiger partial charge in [-0.3, -0.25) is 4.98 Å². The Balaban J connectivity index is 2.06. The first-order valence-electron chi connectivity index (χ1n) is 6.21. The second kappa shape index (κ2) is 4.51. The largest absolute Gasteiger partial charge is 0.478 e. The molecule has 98 valence electrons. The fourth-order valence-electron chi connectivity index (χ4n) is 2.37. The number of aromatic nitrogens is 1. The van der Waals surface area contributed by atoms with Gasteiger partial charge in [0.2, 0.25) is 0 Å². The molecule has 1 aromatic heterocycles. The number of aromatic carboxylic acids is 1. The second-order valence-electron chi connectivity index (χ2n) is 4.84. The number of nitrogens with one attached hydrogen (secondary N) is 1. The molecule has 1 saturated carbocycles. The highest BCUT2D eigenvalue weighted by atomic mass is 16.4. The lowest BCUT2D eigenvalue weighted by Crippen LogP contribution is -2.39. The lowest BCUT2D eigenvalue weighted by atomic mass is 9.89. The molecule has 1 aromatic carbocycles. The number of carbonyl (C=O) groups is 1. The number of pyridine rings is 1. The molecule has 0 saturated heterocycles. The molecule has 0 spiro atoms. The van der Waals surface area contributed by atoms with E-state index in [-0.39, 0.29) is 17.7 Å². The number of carboxylic acid groups (broad SMARTS) is 1. The first kappa shape index (κ1) is 11.9. The zero-order chi connectivity index (χ0) is 13.4. The highest BCUT2D eigenvalue weighted by Crippen LogP contribution is 2.30. The highest BCUT2D eigenvalue weighted by molar-refractivity contribution is 6.04. The maximum atomic E-state index is 11.3. The minimum absolute atomic E-state index is 0.124. The number of fused-ring (bicyclic) bond motifs is 1. The molecule has 3 N–H and O–H groups in total. The zero-order valence-corrected chi connectivity index (χ0v) is 10.2. The Hall–Kier alpha value is -2.14. The van der Waals surface area contributed by atoms with E-state index in [1.807, 2.05) is 24.3 Å². The van der Waals surface area contributed by atoms with Gasteiger partial charge < -0.3 is 15.5 Å². The normalized spacial score (nSPS) is 21.9. The van der Waals surface area contributed by atoms with Crippen molar-refractivity contribution in [2.75, 3.05) is 5.32 Å². The Morgan fingerprint density at radius 2 is 2.05 bits per heavy atom. The molecular formula is C14H14N2O3. The lowest BCUT2D eigenvalue weighted by Gasteiger charge is -2.33. The van der Waals surface area contributed by atoms with Gasteiger partial charge in [0.15, 0.2) is 0 Å². The number of hydrogen-bond donors (Lipinski definition) is 3. The van der Waals surface area contributed by atoms with Crippen LogP contribution in [0.1, 0.15) is 23.2 Å². The van der Waals surface area contributed by atoms with Gasteiger partial charge in [-0.2, -0.15) is 0 Å². The van der Waals surface area contributed by atoms with Gasteiger partial charge in [-0.25, -0.2) is 4.79 Å². The minimum atomic E-state index is -0.999. The maximum absolute atomic E-state index is 11.3.